The predicted molar refractivity (Wildman–Crippen MR) is 137 cm³/mol. The van der Waals surface area contributed by atoms with E-state index < -0.39 is 0 Å². The molecule has 5 rings (SSSR count). The van der Waals surface area contributed by atoms with Gasteiger partial charge in [-0.15, -0.1) is 0 Å². The second kappa shape index (κ2) is 9.21. The van der Waals surface area contributed by atoms with Crippen LogP contribution < -0.4 is 4.90 Å². The number of aromatic nitrogens is 1. The molecule has 1 aliphatic heterocycles. The van der Waals surface area contributed by atoms with Crippen LogP contribution in [0.3, 0.4) is 0 Å². The number of carbonyl (C=O) groups is 1. The van der Waals surface area contributed by atoms with Crippen molar-refractivity contribution in [1.82, 2.24) is 4.98 Å². The topological polar surface area (TPSA) is 58.7 Å². The number of aliphatic imine (C=N–C) groups is 1. The molecule has 4 aromatic rings. The highest BCUT2D eigenvalue weighted by Crippen LogP contribution is 2.37. The summed E-state index contributed by atoms with van der Waals surface area (Å²) in [6.45, 7) is 1.91. The summed E-state index contributed by atoms with van der Waals surface area (Å²) < 4.78 is 7.01. The summed E-state index contributed by atoms with van der Waals surface area (Å²) in [5.41, 5.74) is 2.58. The molecule has 0 radical (unpaired) electrons. The van der Waals surface area contributed by atoms with E-state index in [1.165, 1.54) is 11.8 Å². The molecule has 0 spiro atoms. The van der Waals surface area contributed by atoms with E-state index in [4.69, 9.17) is 4.42 Å². The Morgan fingerprint density at radius 2 is 1.76 bits per heavy atom. The first kappa shape index (κ1) is 21.4. The maximum absolute atomic E-state index is 13.4. The van der Waals surface area contributed by atoms with E-state index in [2.05, 4.69) is 25.9 Å². The summed E-state index contributed by atoms with van der Waals surface area (Å²) in [6.07, 6.45) is 1.76. The fraction of sp³-hybridized carbons (Fsp3) is 0.0385. The number of carbonyl (C=O) groups excluding carboxylic acids is 1. The van der Waals surface area contributed by atoms with Crippen LogP contribution in [-0.2, 0) is 4.79 Å². The van der Waals surface area contributed by atoms with Crippen LogP contribution in [0.5, 0.6) is 0 Å². The summed E-state index contributed by atoms with van der Waals surface area (Å²) in [6, 6.07) is 26.8. The van der Waals surface area contributed by atoms with E-state index in [-0.39, 0.29) is 5.91 Å². The Morgan fingerprint density at radius 1 is 0.970 bits per heavy atom. The lowest BCUT2D eigenvalue weighted by Gasteiger charge is -2.15. The van der Waals surface area contributed by atoms with Gasteiger partial charge in [-0.2, -0.15) is 0 Å². The number of hydrogen-bond acceptors (Lipinski definition) is 5. The predicted octanol–water partition coefficient (Wildman–Crippen LogP) is 7.22. The van der Waals surface area contributed by atoms with Gasteiger partial charge >= 0.3 is 0 Å². The average molecular weight is 516 g/mol. The lowest BCUT2D eigenvalue weighted by molar-refractivity contribution is -0.113. The summed E-state index contributed by atoms with van der Waals surface area (Å²) in [5, 5.41) is 0.551. The van der Waals surface area contributed by atoms with Crippen molar-refractivity contribution >= 4 is 56.3 Å². The number of amides is 1. The van der Waals surface area contributed by atoms with Crippen LogP contribution in [0.4, 0.5) is 11.5 Å². The highest BCUT2D eigenvalue weighted by atomic mass is 79.9. The standard InChI is InChI=1S/C26H18BrN3O2S/c1-17-6-5-9-24(28-17)29-26-30(20-7-3-2-4-8-20)25(31)23(33-26)16-21-14-15-22(32-21)18-10-12-19(27)13-11-18/h2-16H,1H3/b23-16+,29-26+. The number of rotatable bonds is 4. The van der Waals surface area contributed by atoms with Crippen LogP contribution in [0.1, 0.15) is 11.5 Å². The second-order valence-corrected chi connectivity index (χ2v) is 9.25. The quantitative estimate of drug-likeness (QED) is 0.269. The van der Waals surface area contributed by atoms with Crippen molar-refractivity contribution in [2.45, 2.75) is 6.92 Å². The van der Waals surface area contributed by atoms with Gasteiger partial charge in [0.2, 0.25) is 0 Å². The molecule has 0 unspecified atom stereocenters. The average Bonchev–Trinajstić information content (AvgIpc) is 3.40. The monoisotopic (exact) mass is 515 g/mol. The van der Waals surface area contributed by atoms with Crippen LogP contribution in [0.2, 0.25) is 0 Å². The molecular formula is C26H18BrN3O2S. The van der Waals surface area contributed by atoms with Gasteiger partial charge in [0, 0.05) is 21.8 Å². The van der Waals surface area contributed by atoms with E-state index in [1.807, 2.05) is 91.9 Å². The van der Waals surface area contributed by atoms with E-state index >= 15 is 0 Å². The lowest BCUT2D eigenvalue weighted by Crippen LogP contribution is -2.28. The van der Waals surface area contributed by atoms with Crippen LogP contribution in [-0.4, -0.2) is 16.1 Å². The maximum Gasteiger partial charge on any atom is 0.271 e. The van der Waals surface area contributed by atoms with Crippen molar-refractivity contribution in [2.75, 3.05) is 4.90 Å². The molecule has 1 fully saturated rings. The normalized spacial score (nSPS) is 16.2. The molecule has 0 N–H and O–H groups in total. The summed E-state index contributed by atoms with van der Waals surface area (Å²) in [7, 11) is 0. The molecule has 0 saturated carbocycles. The van der Waals surface area contributed by atoms with Crippen molar-refractivity contribution in [2.24, 2.45) is 4.99 Å². The third-order valence-electron chi connectivity index (χ3n) is 4.93. The molecule has 0 bridgehead atoms. The molecule has 2 aromatic heterocycles. The summed E-state index contributed by atoms with van der Waals surface area (Å²) >= 11 is 4.75. The van der Waals surface area contributed by atoms with Gasteiger partial charge in [-0.05, 0) is 67.2 Å². The van der Waals surface area contributed by atoms with Crippen molar-refractivity contribution < 1.29 is 9.21 Å². The van der Waals surface area contributed by atoms with Gasteiger partial charge in [0.15, 0.2) is 11.0 Å². The third-order valence-corrected chi connectivity index (χ3v) is 6.43. The highest BCUT2D eigenvalue weighted by molar-refractivity contribution is 9.10. The number of pyridine rings is 1. The molecule has 1 aliphatic rings. The largest absolute Gasteiger partial charge is 0.457 e. The Hall–Kier alpha value is -3.42. The third kappa shape index (κ3) is 4.69. The molecule has 0 aliphatic carbocycles. The van der Waals surface area contributed by atoms with Crippen molar-refractivity contribution in [3.8, 4) is 11.3 Å². The van der Waals surface area contributed by atoms with Crippen molar-refractivity contribution in [3.63, 3.8) is 0 Å². The van der Waals surface area contributed by atoms with Crippen LogP contribution in [0, 0.1) is 6.92 Å². The number of hydrogen-bond donors (Lipinski definition) is 0. The van der Waals surface area contributed by atoms with Gasteiger partial charge in [0.1, 0.15) is 11.5 Å². The van der Waals surface area contributed by atoms with Gasteiger partial charge < -0.3 is 4.42 Å². The van der Waals surface area contributed by atoms with Crippen LogP contribution >= 0.6 is 27.7 Å². The van der Waals surface area contributed by atoms with Crippen LogP contribution in [0.25, 0.3) is 17.4 Å². The number of para-hydroxylation sites is 1. The van der Waals surface area contributed by atoms with E-state index in [0.717, 1.165) is 27.2 Å². The minimum atomic E-state index is -0.154. The number of aryl methyl sites for hydroxylation is 1. The molecule has 5 nitrogen and oxygen atoms in total. The number of furan rings is 1. The molecule has 0 atom stereocenters. The highest BCUT2D eigenvalue weighted by Gasteiger charge is 2.35. The zero-order valence-corrected chi connectivity index (χ0v) is 20.0. The summed E-state index contributed by atoms with van der Waals surface area (Å²) in [4.78, 5) is 24.7. The van der Waals surface area contributed by atoms with E-state index in [0.29, 0.717) is 21.7 Å². The first-order valence-corrected chi connectivity index (χ1v) is 11.8. The maximum atomic E-state index is 13.4. The number of amidine groups is 1. The van der Waals surface area contributed by atoms with Gasteiger partial charge in [0.05, 0.1) is 10.6 Å². The van der Waals surface area contributed by atoms with Crippen molar-refractivity contribution in [1.29, 1.82) is 0 Å². The molecule has 1 saturated heterocycles. The molecule has 162 valence electrons. The Balaban J connectivity index is 1.50. The number of nitrogens with zero attached hydrogens (tertiary/aromatic N) is 3. The van der Waals surface area contributed by atoms with Gasteiger partial charge in [0.25, 0.3) is 5.91 Å². The van der Waals surface area contributed by atoms with Gasteiger partial charge in [-0.1, -0.05) is 52.3 Å². The Kier molecular flexibility index (Phi) is 5.98. The number of benzene rings is 2. The fourth-order valence-electron chi connectivity index (χ4n) is 3.37. The van der Waals surface area contributed by atoms with E-state index in [9.17, 15) is 4.79 Å². The molecule has 3 heterocycles. The molecule has 7 heteroatoms. The molecule has 33 heavy (non-hydrogen) atoms. The first-order valence-electron chi connectivity index (χ1n) is 10.2. The lowest BCUT2D eigenvalue weighted by atomic mass is 10.2. The van der Waals surface area contributed by atoms with Gasteiger partial charge in [-0.3, -0.25) is 9.69 Å². The van der Waals surface area contributed by atoms with Crippen LogP contribution in [0.15, 0.2) is 104 Å². The SMILES string of the molecule is Cc1cccc(/N=C2/S/C(=C/c3ccc(-c4ccc(Br)cc4)o3)C(=O)N2c2ccccc2)n1. The number of thioether (sulfide) groups is 1. The second-order valence-electron chi connectivity index (χ2n) is 7.33. The summed E-state index contributed by atoms with van der Waals surface area (Å²) in [5.74, 6) is 1.75. The first-order chi connectivity index (χ1) is 16.1. The Bertz CT molecular complexity index is 1380. The Labute approximate surface area is 204 Å². The fourth-order valence-corrected chi connectivity index (χ4v) is 4.60. The minimum Gasteiger partial charge on any atom is -0.457 e. The zero-order chi connectivity index (χ0) is 22.8. The number of halogens is 1. The Morgan fingerprint density at radius 3 is 2.52 bits per heavy atom. The molecule has 1 amide bonds. The number of anilines is 1. The van der Waals surface area contributed by atoms with Gasteiger partial charge in [-0.25, -0.2) is 9.98 Å². The minimum absolute atomic E-state index is 0.154. The smallest absolute Gasteiger partial charge is 0.271 e. The zero-order valence-electron chi connectivity index (χ0n) is 17.6. The van der Waals surface area contributed by atoms with E-state index in [1.54, 1.807) is 11.0 Å². The van der Waals surface area contributed by atoms with Crippen molar-refractivity contribution in [3.05, 3.63) is 106 Å². The molecular weight excluding hydrogens is 498 g/mol. The molecule has 2 aromatic carbocycles.